The molecular formula is C49H32N2. The highest BCUT2D eigenvalue weighted by molar-refractivity contribution is 6.22. The predicted octanol–water partition coefficient (Wildman–Crippen LogP) is 13.2. The third-order valence-electron chi connectivity index (χ3n) is 10.2. The minimum Gasteiger partial charge on any atom is -0.292 e. The Morgan fingerprint density at radius 1 is 0.333 bits per heavy atom. The molecule has 0 amide bonds. The first-order valence-electron chi connectivity index (χ1n) is 17.5. The molecule has 1 aromatic heterocycles. The van der Waals surface area contributed by atoms with E-state index in [4.69, 9.17) is 4.98 Å². The van der Waals surface area contributed by atoms with Gasteiger partial charge in [0.15, 0.2) is 0 Å². The van der Waals surface area contributed by atoms with Crippen molar-refractivity contribution in [1.29, 1.82) is 0 Å². The summed E-state index contributed by atoms with van der Waals surface area (Å²) in [6.07, 6.45) is 0. The highest BCUT2D eigenvalue weighted by atomic mass is 15.1. The molecule has 10 rings (SSSR count). The van der Waals surface area contributed by atoms with Crippen molar-refractivity contribution in [3.8, 4) is 50.5 Å². The molecule has 238 valence electrons. The van der Waals surface area contributed by atoms with E-state index in [1.807, 2.05) is 0 Å². The van der Waals surface area contributed by atoms with Crippen LogP contribution in [0.25, 0.3) is 93.8 Å². The first-order chi connectivity index (χ1) is 25.3. The molecule has 51 heavy (non-hydrogen) atoms. The lowest BCUT2D eigenvalue weighted by Crippen LogP contribution is -1.97. The van der Waals surface area contributed by atoms with Crippen LogP contribution in [-0.4, -0.2) is 9.55 Å². The molecule has 0 saturated carbocycles. The Morgan fingerprint density at radius 2 is 0.863 bits per heavy atom. The highest BCUT2D eigenvalue weighted by Gasteiger charge is 2.20. The molecule has 0 radical (unpaired) electrons. The molecular weight excluding hydrogens is 617 g/mol. The van der Waals surface area contributed by atoms with Crippen LogP contribution in [0.2, 0.25) is 0 Å². The number of imidazole rings is 1. The second-order valence-electron chi connectivity index (χ2n) is 13.2. The largest absolute Gasteiger partial charge is 0.292 e. The molecule has 9 aromatic carbocycles. The lowest BCUT2D eigenvalue weighted by Gasteiger charge is -2.18. The molecule has 0 aliphatic heterocycles. The van der Waals surface area contributed by atoms with E-state index in [1.54, 1.807) is 0 Å². The number of rotatable bonds is 5. The van der Waals surface area contributed by atoms with Crippen LogP contribution in [0.5, 0.6) is 0 Å². The minimum absolute atomic E-state index is 0.924. The molecule has 0 aliphatic rings. The van der Waals surface area contributed by atoms with Gasteiger partial charge >= 0.3 is 0 Å². The lowest BCUT2D eigenvalue weighted by atomic mass is 9.85. The number of aromatic nitrogens is 2. The molecule has 0 fully saturated rings. The summed E-state index contributed by atoms with van der Waals surface area (Å²) in [7, 11) is 0. The summed E-state index contributed by atoms with van der Waals surface area (Å²) >= 11 is 0. The van der Waals surface area contributed by atoms with E-state index in [9.17, 15) is 0 Å². The zero-order chi connectivity index (χ0) is 33.7. The van der Waals surface area contributed by atoms with Gasteiger partial charge in [-0.1, -0.05) is 158 Å². The maximum atomic E-state index is 5.40. The van der Waals surface area contributed by atoms with Crippen LogP contribution >= 0.6 is 0 Å². The van der Waals surface area contributed by atoms with Gasteiger partial charge in [0, 0.05) is 11.3 Å². The molecule has 0 unspecified atom stereocenters. The van der Waals surface area contributed by atoms with E-state index in [0.717, 1.165) is 33.7 Å². The summed E-state index contributed by atoms with van der Waals surface area (Å²) in [6, 6.07) is 69.8. The summed E-state index contributed by atoms with van der Waals surface area (Å²) in [6.45, 7) is 0. The van der Waals surface area contributed by atoms with Crippen LogP contribution in [0.15, 0.2) is 194 Å². The number of hydrogen-bond acceptors (Lipinski definition) is 1. The van der Waals surface area contributed by atoms with Crippen molar-refractivity contribution in [1.82, 2.24) is 9.55 Å². The van der Waals surface area contributed by atoms with Crippen LogP contribution in [0.4, 0.5) is 0 Å². The Kier molecular flexibility index (Phi) is 6.85. The van der Waals surface area contributed by atoms with Crippen molar-refractivity contribution in [2.45, 2.75) is 0 Å². The zero-order valence-electron chi connectivity index (χ0n) is 27.9. The maximum absolute atomic E-state index is 5.40. The van der Waals surface area contributed by atoms with Crippen molar-refractivity contribution < 1.29 is 0 Å². The van der Waals surface area contributed by atoms with E-state index >= 15 is 0 Å². The topological polar surface area (TPSA) is 17.8 Å². The first-order valence-corrected chi connectivity index (χ1v) is 17.5. The normalized spacial score (nSPS) is 11.5. The fourth-order valence-corrected chi connectivity index (χ4v) is 7.83. The van der Waals surface area contributed by atoms with Crippen LogP contribution in [0.1, 0.15) is 0 Å². The van der Waals surface area contributed by atoms with Gasteiger partial charge < -0.3 is 0 Å². The van der Waals surface area contributed by atoms with Gasteiger partial charge in [-0.2, -0.15) is 0 Å². The molecule has 0 aliphatic carbocycles. The van der Waals surface area contributed by atoms with Crippen LogP contribution in [0.3, 0.4) is 0 Å². The molecule has 0 bridgehead atoms. The summed E-state index contributed by atoms with van der Waals surface area (Å²) in [4.78, 5) is 5.40. The number of fused-ring (bicyclic) bond motifs is 4. The fourth-order valence-electron chi connectivity index (χ4n) is 7.83. The van der Waals surface area contributed by atoms with E-state index in [2.05, 4.69) is 199 Å². The number of nitrogens with zero attached hydrogens (tertiary/aromatic N) is 2. The van der Waals surface area contributed by atoms with E-state index < -0.39 is 0 Å². The van der Waals surface area contributed by atoms with Crippen molar-refractivity contribution in [2.75, 3.05) is 0 Å². The third kappa shape index (κ3) is 4.92. The van der Waals surface area contributed by atoms with Gasteiger partial charge in [-0.05, 0) is 102 Å². The Morgan fingerprint density at radius 3 is 1.55 bits per heavy atom. The Balaban J connectivity index is 1.21. The third-order valence-corrected chi connectivity index (χ3v) is 10.2. The standard InChI is InChI=1S/C49H32N2/c1-3-14-33(15-4-1)36-18-13-19-39(31-36)49-50-45-32-38(28-29-46(45)51(49)40-20-5-2-6-21-40)48-43-24-11-9-22-41(43)47(42-23-10-12-25-44(42)48)37-27-26-34-16-7-8-17-35(34)30-37/h1-32H. The Bertz CT molecular complexity index is 2840. The van der Waals surface area contributed by atoms with Crippen LogP contribution in [-0.2, 0) is 0 Å². The summed E-state index contributed by atoms with van der Waals surface area (Å²) in [5, 5.41) is 7.45. The molecule has 0 atom stereocenters. The van der Waals surface area contributed by atoms with Gasteiger partial charge in [0.25, 0.3) is 0 Å². The van der Waals surface area contributed by atoms with E-state index in [-0.39, 0.29) is 0 Å². The average Bonchev–Trinajstić information content (AvgIpc) is 3.59. The van der Waals surface area contributed by atoms with Crippen molar-refractivity contribution >= 4 is 43.4 Å². The van der Waals surface area contributed by atoms with Gasteiger partial charge in [-0.3, -0.25) is 4.57 Å². The van der Waals surface area contributed by atoms with Gasteiger partial charge in [0.05, 0.1) is 11.0 Å². The zero-order valence-corrected chi connectivity index (χ0v) is 27.9. The average molecular weight is 649 g/mol. The van der Waals surface area contributed by atoms with Gasteiger partial charge in [-0.15, -0.1) is 0 Å². The fraction of sp³-hybridized carbons (Fsp3) is 0. The van der Waals surface area contributed by atoms with Crippen molar-refractivity contribution in [3.63, 3.8) is 0 Å². The first kappa shape index (κ1) is 29.2. The number of hydrogen-bond donors (Lipinski definition) is 0. The lowest BCUT2D eigenvalue weighted by molar-refractivity contribution is 1.10. The number of para-hydroxylation sites is 1. The molecule has 10 aromatic rings. The van der Waals surface area contributed by atoms with Crippen LogP contribution in [0, 0.1) is 0 Å². The summed E-state index contributed by atoms with van der Waals surface area (Å²) in [5.41, 5.74) is 11.4. The van der Waals surface area contributed by atoms with Gasteiger partial charge in [0.1, 0.15) is 5.82 Å². The second kappa shape index (κ2) is 12.0. The van der Waals surface area contributed by atoms with Crippen molar-refractivity contribution in [2.24, 2.45) is 0 Å². The molecule has 1 heterocycles. The minimum atomic E-state index is 0.924. The van der Waals surface area contributed by atoms with Gasteiger partial charge in [0.2, 0.25) is 0 Å². The maximum Gasteiger partial charge on any atom is 0.145 e. The van der Waals surface area contributed by atoms with E-state index in [1.165, 1.54) is 60.1 Å². The summed E-state index contributed by atoms with van der Waals surface area (Å²) < 4.78 is 2.29. The quantitative estimate of drug-likeness (QED) is 0.170. The van der Waals surface area contributed by atoms with Crippen LogP contribution < -0.4 is 0 Å². The molecule has 2 nitrogen and oxygen atoms in total. The molecule has 0 saturated heterocycles. The highest BCUT2D eigenvalue weighted by Crippen LogP contribution is 2.45. The number of benzene rings is 9. The Labute approximate surface area is 296 Å². The molecule has 2 heteroatoms. The SMILES string of the molecule is c1ccc(-c2cccc(-c3nc4cc(-c5c6ccccc6c(-c6ccc7ccccc7c6)c6ccccc56)ccc4n3-c3ccccc3)c2)cc1. The van der Waals surface area contributed by atoms with Crippen molar-refractivity contribution in [3.05, 3.63) is 194 Å². The van der Waals surface area contributed by atoms with Gasteiger partial charge in [-0.25, -0.2) is 4.98 Å². The summed E-state index contributed by atoms with van der Waals surface area (Å²) in [5.74, 6) is 0.924. The predicted molar refractivity (Wildman–Crippen MR) is 215 cm³/mol. The smallest absolute Gasteiger partial charge is 0.145 e. The Hall–Kier alpha value is -6.77. The molecule has 0 spiro atoms. The molecule has 0 N–H and O–H groups in total. The second-order valence-corrected chi connectivity index (χ2v) is 13.2. The van der Waals surface area contributed by atoms with E-state index in [0.29, 0.717) is 0 Å². The monoisotopic (exact) mass is 648 g/mol.